The average molecular weight is 384 g/mol. The molecule has 1 N–H and O–H groups in total. The van der Waals surface area contributed by atoms with E-state index in [1.165, 1.54) is 57.8 Å². The summed E-state index contributed by atoms with van der Waals surface area (Å²) >= 11 is 0. The summed E-state index contributed by atoms with van der Waals surface area (Å²) in [7, 11) is 0. The molecule has 1 nitrogen and oxygen atoms in total. The van der Waals surface area contributed by atoms with Crippen LogP contribution in [0.5, 0.6) is 0 Å². The van der Waals surface area contributed by atoms with E-state index in [1.54, 1.807) is 12.1 Å². The van der Waals surface area contributed by atoms with Gasteiger partial charge in [0.15, 0.2) is 0 Å². The predicted octanol–water partition coefficient (Wildman–Crippen LogP) is 7.29. The first-order valence-corrected chi connectivity index (χ1v) is 11.9. The summed E-state index contributed by atoms with van der Waals surface area (Å²) in [6, 6.07) is 7.56. The van der Waals surface area contributed by atoms with Gasteiger partial charge in [-0.3, -0.25) is 0 Å². The predicted molar refractivity (Wildman–Crippen MR) is 115 cm³/mol. The zero-order valence-corrected chi connectivity index (χ0v) is 18.0. The second kappa shape index (κ2) is 6.74. The Morgan fingerprint density at radius 2 is 1.71 bits per heavy atom. The van der Waals surface area contributed by atoms with Gasteiger partial charge in [-0.15, -0.1) is 0 Å². The van der Waals surface area contributed by atoms with Crippen LogP contribution >= 0.6 is 0 Å². The Hall–Kier alpha value is -1.05. The molecule has 4 saturated carbocycles. The van der Waals surface area contributed by atoms with Crippen molar-refractivity contribution in [3.8, 4) is 0 Å². The standard InChI is InChI=1S/C26H38FN/c1-17-11-13-25(2)18(15-17)7-8-21-22-9-10-24(26(22,3)14-12-23(21)25)28-20-6-4-5-19(27)16-20/h4-6,16-18,21-24,28H,7-15H2,1-3H3/t17?,18?,21-,22?,23?,24?,25?,26-/m0/s1. The van der Waals surface area contributed by atoms with Gasteiger partial charge in [-0.25, -0.2) is 4.39 Å². The van der Waals surface area contributed by atoms with Crippen molar-refractivity contribution in [1.29, 1.82) is 0 Å². The largest absolute Gasteiger partial charge is 0.382 e. The van der Waals surface area contributed by atoms with Crippen LogP contribution < -0.4 is 5.32 Å². The fraction of sp³-hybridized carbons (Fsp3) is 0.769. The summed E-state index contributed by atoms with van der Waals surface area (Å²) in [6.45, 7) is 7.69. The molecule has 4 aliphatic rings. The molecule has 0 heterocycles. The summed E-state index contributed by atoms with van der Waals surface area (Å²) in [6.07, 6.45) is 12.7. The van der Waals surface area contributed by atoms with Gasteiger partial charge < -0.3 is 5.32 Å². The number of rotatable bonds is 2. The number of hydrogen-bond donors (Lipinski definition) is 1. The highest BCUT2D eigenvalue weighted by Crippen LogP contribution is 2.66. The molecule has 0 saturated heterocycles. The van der Waals surface area contributed by atoms with Crippen molar-refractivity contribution in [3.05, 3.63) is 30.1 Å². The quantitative estimate of drug-likeness (QED) is 0.565. The van der Waals surface area contributed by atoms with Crippen molar-refractivity contribution in [2.24, 2.45) is 40.4 Å². The molecule has 4 fully saturated rings. The molecule has 6 unspecified atom stereocenters. The highest BCUT2D eigenvalue weighted by molar-refractivity contribution is 5.45. The van der Waals surface area contributed by atoms with Gasteiger partial charge >= 0.3 is 0 Å². The zero-order chi connectivity index (χ0) is 19.5. The van der Waals surface area contributed by atoms with Gasteiger partial charge in [0, 0.05) is 11.7 Å². The molecule has 1 aromatic carbocycles. The van der Waals surface area contributed by atoms with Crippen LogP contribution in [0.25, 0.3) is 0 Å². The Labute approximate surface area is 170 Å². The molecule has 2 heteroatoms. The highest BCUT2D eigenvalue weighted by Gasteiger charge is 2.60. The maximum absolute atomic E-state index is 13.7. The Bertz CT molecular complexity index is 731. The van der Waals surface area contributed by atoms with E-state index in [0.717, 1.165) is 35.3 Å². The molecule has 1 aromatic rings. The number of halogens is 1. The highest BCUT2D eigenvalue weighted by atomic mass is 19.1. The van der Waals surface area contributed by atoms with Crippen LogP contribution in [-0.4, -0.2) is 6.04 Å². The minimum atomic E-state index is -0.133. The lowest BCUT2D eigenvalue weighted by molar-refractivity contribution is -0.111. The smallest absolute Gasteiger partial charge is 0.125 e. The fourth-order valence-corrected chi connectivity index (χ4v) is 8.49. The van der Waals surface area contributed by atoms with E-state index in [1.807, 2.05) is 12.1 Å². The molecule has 0 bridgehead atoms. The van der Waals surface area contributed by atoms with E-state index in [0.29, 0.717) is 16.9 Å². The van der Waals surface area contributed by atoms with Crippen LogP contribution in [0.2, 0.25) is 0 Å². The molecule has 8 atom stereocenters. The van der Waals surface area contributed by atoms with Crippen molar-refractivity contribution in [2.45, 2.75) is 84.6 Å². The summed E-state index contributed by atoms with van der Waals surface area (Å²) < 4.78 is 13.7. The van der Waals surface area contributed by atoms with Gasteiger partial charge in [-0.1, -0.05) is 33.3 Å². The SMILES string of the molecule is CC1CCC2(C)C(CC[C@@H]3C2CC[C@]2(C)C(Nc4cccc(F)c4)CCC32)C1. The molecule has 4 aliphatic carbocycles. The molecule has 0 amide bonds. The molecule has 28 heavy (non-hydrogen) atoms. The monoisotopic (exact) mass is 383 g/mol. The third kappa shape index (κ3) is 2.84. The Morgan fingerprint density at radius 1 is 0.929 bits per heavy atom. The van der Waals surface area contributed by atoms with Crippen LogP contribution in [-0.2, 0) is 0 Å². The van der Waals surface area contributed by atoms with Crippen molar-refractivity contribution in [1.82, 2.24) is 0 Å². The molecule has 0 aromatic heterocycles. The second-order valence-corrected chi connectivity index (χ2v) is 11.4. The van der Waals surface area contributed by atoms with Gasteiger partial charge in [0.2, 0.25) is 0 Å². The third-order valence-electron chi connectivity index (χ3n) is 10.1. The van der Waals surface area contributed by atoms with Gasteiger partial charge in [-0.05, 0) is 110 Å². The first-order chi connectivity index (χ1) is 13.4. The molecular formula is C26H38FN. The average Bonchev–Trinajstić information content (AvgIpc) is 2.99. The minimum Gasteiger partial charge on any atom is -0.382 e. The van der Waals surface area contributed by atoms with Gasteiger partial charge in [-0.2, -0.15) is 0 Å². The van der Waals surface area contributed by atoms with Crippen LogP contribution in [0.15, 0.2) is 24.3 Å². The van der Waals surface area contributed by atoms with Gasteiger partial charge in [0.05, 0.1) is 0 Å². The van der Waals surface area contributed by atoms with Gasteiger partial charge in [0.25, 0.3) is 0 Å². The van der Waals surface area contributed by atoms with E-state index in [9.17, 15) is 4.39 Å². The van der Waals surface area contributed by atoms with Crippen molar-refractivity contribution in [3.63, 3.8) is 0 Å². The first-order valence-electron chi connectivity index (χ1n) is 11.9. The molecular weight excluding hydrogens is 345 g/mol. The van der Waals surface area contributed by atoms with E-state index in [2.05, 4.69) is 26.1 Å². The molecule has 154 valence electrons. The van der Waals surface area contributed by atoms with E-state index < -0.39 is 0 Å². The van der Waals surface area contributed by atoms with E-state index >= 15 is 0 Å². The summed E-state index contributed by atoms with van der Waals surface area (Å²) in [4.78, 5) is 0. The van der Waals surface area contributed by atoms with Crippen molar-refractivity contribution in [2.75, 3.05) is 5.32 Å². The van der Waals surface area contributed by atoms with Crippen molar-refractivity contribution < 1.29 is 4.39 Å². The van der Waals surface area contributed by atoms with Crippen LogP contribution in [0.3, 0.4) is 0 Å². The number of anilines is 1. The van der Waals surface area contributed by atoms with Crippen LogP contribution in [0, 0.1) is 46.2 Å². The number of hydrogen-bond acceptors (Lipinski definition) is 1. The van der Waals surface area contributed by atoms with E-state index in [-0.39, 0.29) is 5.82 Å². The number of fused-ring (bicyclic) bond motifs is 5. The molecule has 0 radical (unpaired) electrons. The Morgan fingerprint density at radius 3 is 2.54 bits per heavy atom. The summed E-state index contributed by atoms with van der Waals surface area (Å²) in [5, 5.41) is 3.75. The lowest BCUT2D eigenvalue weighted by atomic mass is 9.44. The zero-order valence-electron chi connectivity index (χ0n) is 18.0. The topological polar surface area (TPSA) is 12.0 Å². The lowest BCUT2D eigenvalue weighted by Gasteiger charge is -2.61. The lowest BCUT2D eigenvalue weighted by Crippen LogP contribution is -2.54. The maximum atomic E-state index is 13.7. The first kappa shape index (κ1) is 18.9. The number of nitrogens with one attached hydrogen (secondary N) is 1. The normalized spacial score (nSPS) is 47.7. The van der Waals surface area contributed by atoms with Crippen molar-refractivity contribution >= 4 is 5.69 Å². The Kier molecular flexibility index (Phi) is 4.56. The molecule has 0 aliphatic heterocycles. The summed E-state index contributed by atoms with van der Waals surface area (Å²) in [5.74, 6) is 4.51. The third-order valence-corrected chi connectivity index (χ3v) is 10.1. The molecule has 0 spiro atoms. The second-order valence-electron chi connectivity index (χ2n) is 11.4. The summed E-state index contributed by atoms with van der Waals surface area (Å²) in [5.41, 5.74) is 1.94. The Balaban J connectivity index is 1.37. The minimum absolute atomic E-state index is 0.133. The van der Waals surface area contributed by atoms with Crippen LogP contribution in [0.4, 0.5) is 10.1 Å². The maximum Gasteiger partial charge on any atom is 0.125 e. The number of benzene rings is 1. The molecule has 5 rings (SSSR count). The van der Waals surface area contributed by atoms with Gasteiger partial charge in [0.1, 0.15) is 5.82 Å². The fourth-order valence-electron chi connectivity index (χ4n) is 8.49. The van der Waals surface area contributed by atoms with E-state index in [4.69, 9.17) is 0 Å². The van der Waals surface area contributed by atoms with Crippen LogP contribution in [0.1, 0.15) is 78.6 Å².